The molecule has 0 aromatic heterocycles. The van der Waals surface area contributed by atoms with Crippen LogP contribution in [0.5, 0.6) is 11.5 Å². The van der Waals surface area contributed by atoms with Crippen LogP contribution in [0.1, 0.15) is 15.9 Å². The number of phenolic OH excluding ortho intramolecular Hbond substituents is 2. The Morgan fingerprint density at radius 2 is 1.22 bits per heavy atom. The molecule has 15 nitrogen and oxygen atoms in total. The van der Waals surface area contributed by atoms with Crippen molar-refractivity contribution in [2.75, 3.05) is 5.32 Å². The van der Waals surface area contributed by atoms with Gasteiger partial charge in [-0.2, -0.15) is 13.5 Å². The molecule has 0 bridgehead atoms. The third-order valence-electron chi connectivity index (χ3n) is 7.36. The number of anilines is 2. The van der Waals surface area contributed by atoms with E-state index >= 15 is 0 Å². The summed E-state index contributed by atoms with van der Waals surface area (Å²) in [5.74, 6) is -1.15. The minimum atomic E-state index is -4.55. The molecule has 0 saturated carbocycles. The minimum absolute atomic E-state index is 0.0275. The number of fused-ring (bicyclic) bond motifs is 2. The molecule has 6 aromatic carbocycles. The van der Waals surface area contributed by atoms with E-state index in [0.717, 1.165) is 10.9 Å². The molecule has 0 radical (unpaired) electrons. The number of rotatable bonds is 8. The van der Waals surface area contributed by atoms with Crippen LogP contribution in [0.2, 0.25) is 0 Å². The number of nitrogens with one attached hydrogen (secondary N) is 1. The molecule has 0 heterocycles. The Balaban J connectivity index is 0.00000120. The second-order valence-electron chi connectivity index (χ2n) is 10.7. The second kappa shape index (κ2) is 14.9. The molecule has 51 heavy (non-hydrogen) atoms. The van der Waals surface area contributed by atoms with Crippen LogP contribution in [0.15, 0.2) is 128 Å². The highest BCUT2D eigenvalue weighted by Gasteiger charge is 2.15. The normalized spacial score (nSPS) is 11.5. The van der Waals surface area contributed by atoms with Crippen LogP contribution in [-0.2, 0) is 20.7 Å². The Morgan fingerprint density at radius 1 is 0.647 bits per heavy atom. The molecular weight excluding hydrogens is 703 g/mol. The maximum Gasteiger partial charge on any atom is 0.425 e. The van der Waals surface area contributed by atoms with E-state index in [2.05, 4.69) is 25.8 Å². The van der Waals surface area contributed by atoms with E-state index < -0.39 is 26.7 Å². The third-order valence-corrected chi connectivity index (χ3v) is 8.21. The maximum absolute atomic E-state index is 12.0. The summed E-state index contributed by atoms with van der Waals surface area (Å²) >= 11 is 0. The zero-order valence-electron chi connectivity index (χ0n) is 26.2. The van der Waals surface area contributed by atoms with Crippen LogP contribution in [0.4, 0.5) is 34.1 Å². The smallest absolute Gasteiger partial charge is 0.425 e. The zero-order chi connectivity index (χ0) is 36.9. The molecule has 0 aliphatic carbocycles. The van der Waals surface area contributed by atoms with Gasteiger partial charge < -0.3 is 20.6 Å². The number of carboxylic acids is 1. The van der Waals surface area contributed by atoms with Gasteiger partial charge in [-0.05, 0) is 90.7 Å². The predicted molar refractivity (Wildman–Crippen MR) is 187 cm³/mol. The summed E-state index contributed by atoms with van der Waals surface area (Å²) in [6.07, 6.45) is 0. The highest BCUT2D eigenvalue weighted by molar-refractivity contribution is 7.85. The van der Waals surface area contributed by atoms with Crippen molar-refractivity contribution in [2.24, 2.45) is 20.5 Å². The molecule has 0 fully saturated rings. The molecule has 0 spiro atoms. The van der Waals surface area contributed by atoms with Gasteiger partial charge in [0.15, 0.2) is 5.75 Å². The fourth-order valence-corrected chi connectivity index (χ4v) is 5.37. The van der Waals surface area contributed by atoms with Crippen molar-refractivity contribution in [2.45, 2.75) is 11.8 Å². The average Bonchev–Trinajstić information content (AvgIpc) is 3.08. The number of carboxylic acid groups (broad SMARTS) is 1. The van der Waals surface area contributed by atoms with Crippen LogP contribution in [0.25, 0.3) is 21.5 Å². The Kier molecular flexibility index (Phi) is 10.4. The molecule has 0 atom stereocenters. The van der Waals surface area contributed by atoms with E-state index in [1.165, 1.54) is 42.5 Å². The molecule has 17 heteroatoms. The first-order valence-corrected chi connectivity index (χ1v) is 16.9. The molecule has 0 amide bonds. The van der Waals surface area contributed by atoms with Crippen molar-refractivity contribution in [3.8, 4) is 11.5 Å². The summed E-state index contributed by atoms with van der Waals surface area (Å²) in [4.78, 5) is 10.8. The number of hydrogen-bond acceptors (Lipinski definition) is 13. The molecular formula is C34H25N5O10S2. The fraction of sp³-hybridized carbons (Fsp3) is 0.0294. The lowest BCUT2D eigenvalue weighted by molar-refractivity contribution is 0.0696. The molecule has 0 unspecified atom stereocenters. The number of aromatic hydroxyl groups is 2. The van der Waals surface area contributed by atoms with Crippen LogP contribution in [-0.4, -0.2) is 46.9 Å². The van der Waals surface area contributed by atoms with Crippen molar-refractivity contribution in [3.05, 3.63) is 114 Å². The number of carbonyl (C=O) groups is 1. The average molecular weight is 728 g/mol. The summed E-state index contributed by atoms with van der Waals surface area (Å²) in [6.45, 7) is 1.81. The topological polar surface area (TPSA) is 245 Å². The lowest BCUT2D eigenvalue weighted by Crippen LogP contribution is -1.97. The van der Waals surface area contributed by atoms with E-state index in [-0.39, 0.29) is 33.3 Å². The number of benzene rings is 6. The number of nitrogens with zero attached hydrogens (tertiary/aromatic N) is 4. The van der Waals surface area contributed by atoms with Crippen molar-refractivity contribution in [1.82, 2.24) is 0 Å². The van der Waals surface area contributed by atoms with E-state index in [0.29, 0.717) is 38.9 Å². The standard InChI is InChI=1S/C34H25N5O7S.O3S/c1-19-2-10-24(40)17-32(19)39-36-29-14-15-30(28-18-25(47(44,45)46)11-12-26(28)29)37-38-31-13-6-20-3-9-23(16-27(20)33(31)41)35-22-7-4-21(5-8-22)34(42)43;1-4(2)3/h2-18,35,40-41H,1H3,(H,42,43)(H,44,45,46);. The van der Waals surface area contributed by atoms with Crippen molar-refractivity contribution in [1.29, 1.82) is 0 Å². The lowest BCUT2D eigenvalue weighted by Gasteiger charge is -2.10. The van der Waals surface area contributed by atoms with Crippen molar-refractivity contribution in [3.63, 3.8) is 0 Å². The number of azo groups is 2. The van der Waals surface area contributed by atoms with E-state index in [9.17, 15) is 28.0 Å². The van der Waals surface area contributed by atoms with Gasteiger partial charge in [-0.3, -0.25) is 4.55 Å². The molecule has 5 N–H and O–H groups in total. The van der Waals surface area contributed by atoms with Gasteiger partial charge >= 0.3 is 16.6 Å². The van der Waals surface area contributed by atoms with Crippen LogP contribution < -0.4 is 5.32 Å². The van der Waals surface area contributed by atoms with Crippen LogP contribution in [0, 0.1) is 6.92 Å². The summed E-state index contributed by atoms with van der Waals surface area (Å²) < 4.78 is 59.0. The van der Waals surface area contributed by atoms with Gasteiger partial charge in [0, 0.05) is 33.6 Å². The third kappa shape index (κ3) is 8.73. The van der Waals surface area contributed by atoms with Gasteiger partial charge in [-0.15, -0.1) is 28.0 Å². The van der Waals surface area contributed by atoms with Gasteiger partial charge in [0.2, 0.25) is 0 Å². The van der Waals surface area contributed by atoms with Gasteiger partial charge in [-0.25, -0.2) is 4.79 Å². The van der Waals surface area contributed by atoms with E-state index in [1.54, 1.807) is 54.6 Å². The van der Waals surface area contributed by atoms with Crippen molar-refractivity contribution >= 4 is 82.4 Å². The van der Waals surface area contributed by atoms with Gasteiger partial charge in [0.25, 0.3) is 10.1 Å². The van der Waals surface area contributed by atoms with Gasteiger partial charge in [0.1, 0.15) is 11.4 Å². The molecule has 6 rings (SSSR count). The molecule has 258 valence electrons. The second-order valence-corrected chi connectivity index (χ2v) is 12.6. The highest BCUT2D eigenvalue weighted by atomic mass is 32.2. The molecule has 0 aliphatic heterocycles. The SMILES string of the molecule is Cc1ccc(O)cc1N=Nc1ccc(N=Nc2ccc3ccc(Nc4ccc(C(=O)O)cc4)cc3c2O)c2cc(S(=O)(=O)O)ccc12.O=S(=O)=O. The number of aryl methyl sites for hydroxylation is 1. The number of phenols is 2. The Morgan fingerprint density at radius 3 is 1.86 bits per heavy atom. The summed E-state index contributed by atoms with van der Waals surface area (Å²) in [5.41, 5.74) is 3.42. The van der Waals surface area contributed by atoms with E-state index in [1.807, 2.05) is 13.0 Å². The maximum atomic E-state index is 12.0. The first kappa shape index (κ1) is 35.7. The summed E-state index contributed by atoms with van der Waals surface area (Å²) in [5, 5.41) is 52.4. The molecule has 6 aromatic rings. The number of hydrogen-bond donors (Lipinski definition) is 5. The Bertz CT molecular complexity index is 2610. The van der Waals surface area contributed by atoms with Crippen LogP contribution >= 0.6 is 0 Å². The van der Waals surface area contributed by atoms with Gasteiger partial charge in [0.05, 0.1) is 27.5 Å². The Labute approximate surface area is 290 Å². The van der Waals surface area contributed by atoms with Crippen molar-refractivity contribution < 1.29 is 45.7 Å². The molecule has 0 saturated heterocycles. The highest BCUT2D eigenvalue weighted by Crippen LogP contribution is 2.40. The fourth-order valence-electron chi connectivity index (χ4n) is 4.87. The summed E-state index contributed by atoms with van der Waals surface area (Å²) in [6, 6.07) is 26.7. The van der Waals surface area contributed by atoms with Crippen LogP contribution in [0.3, 0.4) is 0 Å². The minimum Gasteiger partial charge on any atom is -0.508 e. The summed E-state index contributed by atoms with van der Waals surface area (Å²) in [7, 11) is -7.66. The molecule has 0 aliphatic rings. The predicted octanol–water partition coefficient (Wildman–Crippen LogP) is 8.23. The van der Waals surface area contributed by atoms with Gasteiger partial charge in [-0.1, -0.05) is 24.3 Å². The zero-order valence-corrected chi connectivity index (χ0v) is 27.8. The largest absolute Gasteiger partial charge is 0.508 e. The number of aromatic carboxylic acids is 1. The first-order valence-electron chi connectivity index (χ1n) is 14.5. The quantitative estimate of drug-likeness (QED) is 0.0738. The van der Waals surface area contributed by atoms with E-state index in [4.69, 9.17) is 17.7 Å². The lowest BCUT2D eigenvalue weighted by atomic mass is 10.1. The first-order chi connectivity index (χ1) is 24.2. The monoisotopic (exact) mass is 727 g/mol. The Hall–Kier alpha value is -6.56.